The molecule has 0 spiro atoms. The van der Waals surface area contributed by atoms with E-state index in [1.165, 1.54) is 11.7 Å². The Balaban J connectivity index is 2.98. The Morgan fingerprint density at radius 2 is 2.53 bits per heavy atom. The maximum Gasteiger partial charge on any atom is 0.320 e. The zero-order chi connectivity index (χ0) is 11.4. The Morgan fingerprint density at radius 1 is 1.87 bits per heavy atom. The van der Waals surface area contributed by atoms with Crippen molar-refractivity contribution in [2.45, 2.75) is 0 Å². The lowest BCUT2D eigenvalue weighted by Crippen LogP contribution is -2.24. The molecule has 0 aliphatic heterocycles. The fourth-order valence-corrected chi connectivity index (χ4v) is 0.986. The van der Waals surface area contributed by atoms with Crippen molar-refractivity contribution in [3.05, 3.63) is 22.0 Å². The molecule has 0 radical (unpaired) electrons. The summed E-state index contributed by atoms with van der Waals surface area (Å²) in [6.45, 7) is 0.00651. The number of aromatic nitrogens is 2. The molecule has 7 nitrogen and oxygen atoms in total. The monoisotopic (exact) mass is 208 g/mol. The van der Waals surface area contributed by atoms with Gasteiger partial charge in [-0.25, -0.2) is 0 Å². The standard InChI is InChI=1S/C8H8N4O3/c1-3-4-9-8(13)7-6(12(14)15)5-11(2)10-7/h1,5H,4H2,2H3,(H,9,13). The summed E-state index contributed by atoms with van der Waals surface area (Å²) < 4.78 is 1.20. The van der Waals surface area contributed by atoms with Crippen LogP contribution in [-0.4, -0.2) is 27.2 Å². The number of carbonyl (C=O) groups excluding carboxylic acids is 1. The molecule has 0 atom stereocenters. The van der Waals surface area contributed by atoms with E-state index in [0.29, 0.717) is 0 Å². The van der Waals surface area contributed by atoms with Crippen LogP contribution in [0.4, 0.5) is 5.69 Å². The number of nitrogens with one attached hydrogen (secondary N) is 1. The second kappa shape index (κ2) is 4.23. The van der Waals surface area contributed by atoms with E-state index in [4.69, 9.17) is 6.42 Å². The minimum atomic E-state index is -0.669. The second-order valence-electron chi connectivity index (χ2n) is 2.68. The van der Waals surface area contributed by atoms with Crippen molar-refractivity contribution in [1.29, 1.82) is 0 Å². The van der Waals surface area contributed by atoms with Crippen LogP contribution in [0.1, 0.15) is 10.5 Å². The molecule has 7 heteroatoms. The van der Waals surface area contributed by atoms with E-state index >= 15 is 0 Å². The number of terminal acetylenes is 1. The molecule has 1 rings (SSSR count). The molecule has 0 saturated carbocycles. The van der Waals surface area contributed by atoms with Crippen LogP contribution >= 0.6 is 0 Å². The molecule has 1 heterocycles. The normalized spacial score (nSPS) is 9.33. The molecule has 15 heavy (non-hydrogen) atoms. The first-order valence-corrected chi connectivity index (χ1v) is 3.96. The molecule has 1 aromatic heterocycles. The van der Waals surface area contributed by atoms with Crippen molar-refractivity contribution in [1.82, 2.24) is 15.1 Å². The lowest BCUT2D eigenvalue weighted by atomic mass is 10.3. The van der Waals surface area contributed by atoms with E-state index in [2.05, 4.69) is 16.3 Å². The predicted octanol–water partition coefficient (Wildman–Crippen LogP) is -0.309. The summed E-state index contributed by atoms with van der Waals surface area (Å²) in [5.41, 5.74) is -0.579. The van der Waals surface area contributed by atoms with E-state index in [1.807, 2.05) is 0 Å². The van der Waals surface area contributed by atoms with Gasteiger partial charge in [0.2, 0.25) is 5.69 Å². The van der Waals surface area contributed by atoms with E-state index in [1.54, 1.807) is 0 Å². The summed E-state index contributed by atoms with van der Waals surface area (Å²) >= 11 is 0. The summed E-state index contributed by atoms with van der Waals surface area (Å²) in [7, 11) is 1.49. The van der Waals surface area contributed by atoms with Crippen molar-refractivity contribution in [3.8, 4) is 12.3 Å². The Labute approximate surface area is 85.2 Å². The van der Waals surface area contributed by atoms with Crippen LogP contribution in [0.25, 0.3) is 0 Å². The van der Waals surface area contributed by atoms with Gasteiger partial charge in [0.15, 0.2) is 0 Å². The van der Waals surface area contributed by atoms with Gasteiger partial charge in [-0.3, -0.25) is 19.6 Å². The van der Waals surface area contributed by atoms with Gasteiger partial charge in [0, 0.05) is 7.05 Å². The van der Waals surface area contributed by atoms with Gasteiger partial charge in [-0.15, -0.1) is 6.42 Å². The Bertz CT molecular complexity index is 443. The molecular weight excluding hydrogens is 200 g/mol. The van der Waals surface area contributed by atoms with Crippen LogP contribution in [-0.2, 0) is 7.05 Å². The number of nitrogens with zero attached hydrogens (tertiary/aromatic N) is 3. The van der Waals surface area contributed by atoms with Crippen LogP contribution in [0, 0.1) is 22.5 Å². The summed E-state index contributed by atoms with van der Waals surface area (Å²) in [5.74, 6) is 1.53. The van der Waals surface area contributed by atoms with Gasteiger partial charge in [0.05, 0.1) is 11.5 Å². The molecule has 1 aromatic rings. The molecule has 0 aromatic carbocycles. The van der Waals surface area contributed by atoms with Crippen LogP contribution in [0.15, 0.2) is 6.20 Å². The van der Waals surface area contributed by atoms with Gasteiger partial charge in [0.25, 0.3) is 5.91 Å². The van der Waals surface area contributed by atoms with Gasteiger partial charge < -0.3 is 5.32 Å². The van der Waals surface area contributed by atoms with Crippen molar-refractivity contribution < 1.29 is 9.72 Å². The summed E-state index contributed by atoms with van der Waals surface area (Å²) in [4.78, 5) is 21.2. The van der Waals surface area contributed by atoms with Gasteiger partial charge >= 0.3 is 5.69 Å². The number of hydrogen-bond donors (Lipinski definition) is 1. The molecule has 0 bridgehead atoms. The minimum absolute atomic E-state index is 0.00651. The van der Waals surface area contributed by atoms with Crippen LogP contribution in [0.3, 0.4) is 0 Å². The van der Waals surface area contributed by atoms with Gasteiger partial charge in [0.1, 0.15) is 6.20 Å². The lowest BCUT2D eigenvalue weighted by molar-refractivity contribution is -0.385. The van der Waals surface area contributed by atoms with E-state index in [0.717, 1.165) is 6.20 Å². The highest BCUT2D eigenvalue weighted by Gasteiger charge is 2.24. The largest absolute Gasteiger partial charge is 0.339 e. The number of hydrogen-bond acceptors (Lipinski definition) is 4. The second-order valence-corrected chi connectivity index (χ2v) is 2.68. The van der Waals surface area contributed by atoms with Crippen molar-refractivity contribution in [2.24, 2.45) is 7.05 Å². The summed E-state index contributed by atoms with van der Waals surface area (Å²) in [6.07, 6.45) is 6.09. The van der Waals surface area contributed by atoms with Crippen molar-refractivity contribution in [3.63, 3.8) is 0 Å². The molecule has 78 valence electrons. The highest BCUT2D eigenvalue weighted by Crippen LogP contribution is 2.15. The topological polar surface area (TPSA) is 90.1 Å². The summed E-state index contributed by atoms with van der Waals surface area (Å²) in [6, 6.07) is 0. The summed E-state index contributed by atoms with van der Waals surface area (Å²) in [5, 5.41) is 16.5. The maximum absolute atomic E-state index is 11.4. The SMILES string of the molecule is C#CCNC(=O)c1nn(C)cc1[N+](=O)[O-]. The Hall–Kier alpha value is -2.36. The zero-order valence-electron chi connectivity index (χ0n) is 7.93. The Kier molecular flexibility index (Phi) is 3.03. The molecule has 0 fully saturated rings. The predicted molar refractivity (Wildman–Crippen MR) is 51.0 cm³/mol. The average molecular weight is 208 g/mol. The first-order valence-electron chi connectivity index (χ1n) is 3.96. The minimum Gasteiger partial charge on any atom is -0.339 e. The quantitative estimate of drug-likeness (QED) is 0.419. The number of nitro groups is 1. The van der Waals surface area contributed by atoms with Crippen LogP contribution < -0.4 is 5.32 Å². The van der Waals surface area contributed by atoms with Crippen LogP contribution in [0.5, 0.6) is 0 Å². The number of carbonyl (C=O) groups is 1. The lowest BCUT2D eigenvalue weighted by Gasteiger charge is -1.96. The third kappa shape index (κ3) is 2.31. The first kappa shape index (κ1) is 10.7. The molecule has 1 amide bonds. The highest BCUT2D eigenvalue weighted by atomic mass is 16.6. The third-order valence-electron chi connectivity index (χ3n) is 1.57. The number of amides is 1. The fourth-order valence-electron chi connectivity index (χ4n) is 0.986. The smallest absolute Gasteiger partial charge is 0.320 e. The molecule has 0 saturated heterocycles. The molecule has 0 unspecified atom stereocenters. The molecule has 0 aliphatic carbocycles. The fraction of sp³-hybridized carbons (Fsp3) is 0.250. The highest BCUT2D eigenvalue weighted by molar-refractivity contribution is 5.96. The average Bonchev–Trinajstić information content (AvgIpc) is 2.57. The van der Waals surface area contributed by atoms with Crippen LogP contribution in [0.2, 0.25) is 0 Å². The molecular formula is C8H8N4O3. The number of rotatable bonds is 3. The maximum atomic E-state index is 11.4. The third-order valence-corrected chi connectivity index (χ3v) is 1.57. The van der Waals surface area contributed by atoms with Gasteiger partial charge in [-0.05, 0) is 0 Å². The Morgan fingerprint density at radius 3 is 3.07 bits per heavy atom. The van der Waals surface area contributed by atoms with Gasteiger partial charge in [-0.2, -0.15) is 5.10 Å². The number of aryl methyl sites for hydroxylation is 1. The van der Waals surface area contributed by atoms with E-state index < -0.39 is 10.8 Å². The van der Waals surface area contributed by atoms with Gasteiger partial charge in [-0.1, -0.05) is 5.92 Å². The first-order chi connectivity index (χ1) is 7.06. The van der Waals surface area contributed by atoms with E-state index in [9.17, 15) is 14.9 Å². The van der Waals surface area contributed by atoms with Crippen molar-refractivity contribution >= 4 is 11.6 Å². The van der Waals surface area contributed by atoms with Crippen molar-refractivity contribution in [2.75, 3.05) is 6.54 Å². The zero-order valence-corrected chi connectivity index (χ0v) is 7.93. The molecule has 1 N–H and O–H groups in total. The van der Waals surface area contributed by atoms with E-state index in [-0.39, 0.29) is 17.9 Å². The molecule has 0 aliphatic rings.